The molecule has 0 radical (unpaired) electrons. The molecule has 0 amide bonds. The molecule has 8 heteroatoms. The van der Waals surface area contributed by atoms with Crippen LogP contribution in [0.4, 0.5) is 11.5 Å². The number of methoxy groups -OCH3 is 1. The first kappa shape index (κ1) is 12.8. The van der Waals surface area contributed by atoms with E-state index in [0.29, 0.717) is 12.4 Å². The van der Waals surface area contributed by atoms with Gasteiger partial charge in [0.1, 0.15) is 0 Å². The van der Waals surface area contributed by atoms with Gasteiger partial charge in [-0.15, -0.1) is 5.10 Å². The fraction of sp³-hybridized carbons (Fsp3) is 0.273. The van der Waals surface area contributed by atoms with Crippen LogP contribution in [0.3, 0.4) is 0 Å². The Morgan fingerprint density at radius 2 is 2.26 bits per heavy atom. The molecule has 0 saturated heterocycles. The highest BCUT2D eigenvalue weighted by Gasteiger charge is 2.16. The number of anilines is 1. The van der Waals surface area contributed by atoms with Gasteiger partial charge in [-0.3, -0.25) is 10.1 Å². The van der Waals surface area contributed by atoms with Gasteiger partial charge in [-0.05, 0) is 18.6 Å². The molecule has 0 spiro atoms. The van der Waals surface area contributed by atoms with Crippen LogP contribution in [0.2, 0.25) is 0 Å². The van der Waals surface area contributed by atoms with E-state index in [1.54, 1.807) is 23.7 Å². The van der Waals surface area contributed by atoms with Crippen LogP contribution in [0.15, 0.2) is 18.2 Å². The molecular formula is C11H13N5O3. The first-order valence-corrected chi connectivity index (χ1v) is 5.49. The van der Waals surface area contributed by atoms with Crippen molar-refractivity contribution in [1.29, 1.82) is 0 Å². The minimum Gasteiger partial charge on any atom is -0.490 e. The monoisotopic (exact) mass is 263 g/mol. The van der Waals surface area contributed by atoms with E-state index in [4.69, 9.17) is 10.5 Å². The Morgan fingerprint density at radius 1 is 1.53 bits per heavy atom. The van der Waals surface area contributed by atoms with E-state index in [0.717, 1.165) is 11.3 Å². The van der Waals surface area contributed by atoms with Crippen molar-refractivity contribution in [3.8, 4) is 5.75 Å². The van der Waals surface area contributed by atoms with E-state index in [-0.39, 0.29) is 11.4 Å². The van der Waals surface area contributed by atoms with Crippen LogP contribution >= 0.6 is 0 Å². The average Bonchev–Trinajstić information content (AvgIpc) is 2.70. The molecule has 2 N–H and O–H groups in total. The molecule has 0 unspecified atom stereocenters. The molecule has 0 aliphatic heterocycles. The smallest absolute Gasteiger partial charge is 0.311 e. The second-order valence-corrected chi connectivity index (χ2v) is 3.98. The number of nitro benzene ring substituents is 1. The second kappa shape index (κ2) is 4.92. The molecular weight excluding hydrogens is 250 g/mol. The lowest BCUT2D eigenvalue weighted by Crippen LogP contribution is -2.05. The number of hydrogen-bond donors (Lipinski definition) is 1. The maximum atomic E-state index is 10.9. The average molecular weight is 263 g/mol. The maximum absolute atomic E-state index is 10.9. The van der Waals surface area contributed by atoms with Crippen LogP contribution in [0.1, 0.15) is 11.3 Å². The summed E-state index contributed by atoms with van der Waals surface area (Å²) in [5, 5.41) is 18.5. The van der Waals surface area contributed by atoms with E-state index >= 15 is 0 Å². The van der Waals surface area contributed by atoms with E-state index in [1.165, 1.54) is 13.2 Å². The normalized spacial score (nSPS) is 10.4. The summed E-state index contributed by atoms with van der Waals surface area (Å²) in [5.74, 6) is 0.576. The fourth-order valence-electron chi connectivity index (χ4n) is 1.67. The zero-order chi connectivity index (χ0) is 14.0. The topological polar surface area (TPSA) is 109 Å². The summed E-state index contributed by atoms with van der Waals surface area (Å²) in [6.45, 7) is 2.15. The van der Waals surface area contributed by atoms with Gasteiger partial charge in [-0.1, -0.05) is 11.3 Å². The summed E-state index contributed by atoms with van der Waals surface area (Å²) >= 11 is 0. The van der Waals surface area contributed by atoms with E-state index in [9.17, 15) is 10.1 Å². The number of nitrogens with two attached hydrogens (primary N) is 1. The molecule has 1 aromatic carbocycles. The molecule has 2 rings (SSSR count). The number of rotatable bonds is 4. The Hall–Kier alpha value is -2.64. The third kappa shape index (κ3) is 2.46. The summed E-state index contributed by atoms with van der Waals surface area (Å²) in [6, 6.07) is 4.75. The van der Waals surface area contributed by atoms with Gasteiger partial charge in [0.15, 0.2) is 11.6 Å². The number of nitro groups is 1. The van der Waals surface area contributed by atoms with Crippen LogP contribution < -0.4 is 10.5 Å². The van der Waals surface area contributed by atoms with Crippen LogP contribution in [-0.4, -0.2) is 27.0 Å². The Labute approximate surface area is 108 Å². The lowest BCUT2D eigenvalue weighted by Gasteiger charge is -2.06. The summed E-state index contributed by atoms with van der Waals surface area (Å²) in [6.07, 6.45) is 0. The molecule has 0 aliphatic carbocycles. The molecule has 0 aliphatic rings. The van der Waals surface area contributed by atoms with Gasteiger partial charge in [-0.2, -0.15) is 0 Å². The van der Waals surface area contributed by atoms with E-state index in [1.807, 2.05) is 0 Å². The second-order valence-electron chi connectivity index (χ2n) is 3.98. The Balaban J connectivity index is 2.34. The standard InChI is InChI=1S/C11H13N5O3/c1-7-11(12)13-14-15(7)6-8-3-4-10(19-2)9(5-8)16(17)18/h3-5H,6,12H2,1-2H3. The molecule has 8 nitrogen and oxygen atoms in total. The number of benzene rings is 1. The third-order valence-electron chi connectivity index (χ3n) is 2.79. The summed E-state index contributed by atoms with van der Waals surface area (Å²) < 4.78 is 6.53. The summed E-state index contributed by atoms with van der Waals surface area (Å²) in [5.41, 5.74) is 6.96. The molecule has 100 valence electrons. The highest BCUT2D eigenvalue weighted by atomic mass is 16.6. The zero-order valence-electron chi connectivity index (χ0n) is 10.5. The largest absolute Gasteiger partial charge is 0.490 e. The summed E-state index contributed by atoms with van der Waals surface area (Å²) in [7, 11) is 1.39. The van der Waals surface area contributed by atoms with Crippen molar-refractivity contribution < 1.29 is 9.66 Å². The van der Waals surface area contributed by atoms with Crippen LogP contribution in [0, 0.1) is 17.0 Å². The molecule has 0 bridgehead atoms. The fourth-order valence-corrected chi connectivity index (χ4v) is 1.67. The van der Waals surface area contributed by atoms with Crippen LogP contribution in [0.25, 0.3) is 0 Å². The number of aromatic nitrogens is 3. The van der Waals surface area contributed by atoms with Gasteiger partial charge in [-0.25, -0.2) is 4.68 Å². The van der Waals surface area contributed by atoms with Gasteiger partial charge >= 0.3 is 5.69 Å². The quantitative estimate of drug-likeness (QED) is 0.654. The number of nitrogen functional groups attached to an aromatic ring is 1. The van der Waals surface area contributed by atoms with Gasteiger partial charge < -0.3 is 10.5 Å². The molecule has 0 saturated carbocycles. The van der Waals surface area contributed by atoms with Gasteiger partial charge in [0.2, 0.25) is 0 Å². The lowest BCUT2D eigenvalue weighted by atomic mass is 10.2. The molecule has 1 heterocycles. The van der Waals surface area contributed by atoms with Crippen molar-refractivity contribution in [2.75, 3.05) is 12.8 Å². The minimum absolute atomic E-state index is 0.0780. The Bertz CT molecular complexity index is 623. The van der Waals surface area contributed by atoms with E-state index < -0.39 is 4.92 Å². The summed E-state index contributed by atoms with van der Waals surface area (Å²) in [4.78, 5) is 10.4. The molecule has 0 fully saturated rings. The van der Waals surface area contributed by atoms with Crippen molar-refractivity contribution in [2.24, 2.45) is 0 Å². The number of nitrogens with zero attached hydrogens (tertiary/aromatic N) is 4. The zero-order valence-corrected chi connectivity index (χ0v) is 10.5. The van der Waals surface area contributed by atoms with Gasteiger partial charge in [0, 0.05) is 6.07 Å². The van der Waals surface area contributed by atoms with Crippen molar-refractivity contribution >= 4 is 11.5 Å². The van der Waals surface area contributed by atoms with Gasteiger partial charge in [0.05, 0.1) is 24.3 Å². The lowest BCUT2D eigenvalue weighted by molar-refractivity contribution is -0.385. The maximum Gasteiger partial charge on any atom is 0.311 e. The van der Waals surface area contributed by atoms with Crippen molar-refractivity contribution in [3.05, 3.63) is 39.6 Å². The molecule has 2 aromatic rings. The first-order chi connectivity index (χ1) is 9.02. The molecule has 19 heavy (non-hydrogen) atoms. The highest BCUT2D eigenvalue weighted by molar-refractivity contribution is 5.48. The number of hydrogen-bond acceptors (Lipinski definition) is 6. The minimum atomic E-state index is -0.481. The predicted octanol–water partition coefficient (Wildman–Crippen LogP) is 1.13. The predicted molar refractivity (Wildman–Crippen MR) is 67.9 cm³/mol. The highest BCUT2D eigenvalue weighted by Crippen LogP contribution is 2.27. The van der Waals surface area contributed by atoms with Crippen LogP contribution in [0.5, 0.6) is 5.75 Å². The molecule has 1 aromatic heterocycles. The van der Waals surface area contributed by atoms with Crippen LogP contribution in [-0.2, 0) is 6.54 Å². The van der Waals surface area contributed by atoms with Gasteiger partial charge in [0.25, 0.3) is 0 Å². The number of ether oxygens (including phenoxy) is 1. The van der Waals surface area contributed by atoms with E-state index in [2.05, 4.69) is 10.3 Å². The third-order valence-corrected chi connectivity index (χ3v) is 2.79. The Kier molecular flexibility index (Phi) is 3.32. The first-order valence-electron chi connectivity index (χ1n) is 5.49. The van der Waals surface area contributed by atoms with Crippen molar-refractivity contribution in [1.82, 2.24) is 15.0 Å². The SMILES string of the molecule is COc1ccc(Cn2nnc(N)c2C)cc1[N+](=O)[O-]. The molecule has 0 atom stereocenters. The Morgan fingerprint density at radius 3 is 2.79 bits per heavy atom. The van der Waals surface area contributed by atoms with Crippen molar-refractivity contribution in [2.45, 2.75) is 13.5 Å². The van der Waals surface area contributed by atoms with Crippen molar-refractivity contribution in [3.63, 3.8) is 0 Å².